The number of aryl methyl sites for hydroxylation is 1. The summed E-state index contributed by atoms with van der Waals surface area (Å²) in [5.74, 6) is -0.785. The van der Waals surface area contributed by atoms with Crippen molar-refractivity contribution in [3.05, 3.63) is 38.2 Å². The normalized spacial score (nSPS) is 12.6. The second-order valence-electron chi connectivity index (χ2n) is 6.90. The number of fused-ring (bicyclic) bond motifs is 1. The maximum Gasteiger partial charge on any atom is 0.408 e. The number of rotatable bonds is 3. The van der Waals surface area contributed by atoms with E-state index in [1.807, 2.05) is 0 Å². The monoisotopic (exact) mass is 415 g/mol. The first kappa shape index (κ1) is 21.1. The Morgan fingerprint density at radius 2 is 1.85 bits per heavy atom. The van der Waals surface area contributed by atoms with E-state index in [0.29, 0.717) is 10.9 Å². The highest BCUT2D eigenvalue weighted by Gasteiger charge is 2.23. The highest BCUT2D eigenvalue weighted by atomic mass is 35.5. The number of halogens is 2. The average molecular weight is 416 g/mol. The molecule has 2 aromatic rings. The van der Waals surface area contributed by atoms with Gasteiger partial charge >= 0.3 is 17.7 Å². The predicted octanol–water partition coefficient (Wildman–Crippen LogP) is 4.23. The maximum absolute atomic E-state index is 12.2. The molecule has 1 heterocycles. The fourth-order valence-corrected chi connectivity index (χ4v) is 2.49. The molecule has 0 fully saturated rings. The molecule has 2 rings (SSSR count). The van der Waals surface area contributed by atoms with Crippen LogP contribution in [0.3, 0.4) is 0 Å². The first-order valence-electron chi connectivity index (χ1n) is 8.02. The van der Waals surface area contributed by atoms with Gasteiger partial charge in [0.05, 0.1) is 5.02 Å². The molecule has 146 valence electrons. The van der Waals surface area contributed by atoms with Crippen LogP contribution in [0.25, 0.3) is 11.0 Å². The Morgan fingerprint density at radius 1 is 1.22 bits per heavy atom. The van der Waals surface area contributed by atoms with E-state index in [1.165, 1.54) is 19.1 Å². The van der Waals surface area contributed by atoms with Crippen LogP contribution in [0.2, 0.25) is 10.0 Å². The molecular weight excluding hydrogens is 397 g/mol. The second-order valence-corrected chi connectivity index (χ2v) is 7.68. The maximum atomic E-state index is 12.2. The van der Waals surface area contributed by atoms with Crippen molar-refractivity contribution >= 4 is 46.2 Å². The Kier molecular flexibility index (Phi) is 6.07. The predicted molar refractivity (Wildman–Crippen MR) is 102 cm³/mol. The summed E-state index contributed by atoms with van der Waals surface area (Å²) >= 11 is 12.0. The molecule has 0 saturated heterocycles. The molecule has 1 aromatic heterocycles. The fraction of sp³-hybridized carbons (Fsp3) is 0.389. The van der Waals surface area contributed by atoms with Gasteiger partial charge in [-0.3, -0.25) is 0 Å². The third-order valence-electron chi connectivity index (χ3n) is 3.45. The Bertz CT molecular complexity index is 961. The van der Waals surface area contributed by atoms with E-state index < -0.39 is 29.3 Å². The van der Waals surface area contributed by atoms with E-state index in [0.717, 1.165) is 0 Å². The van der Waals surface area contributed by atoms with Gasteiger partial charge in [0.1, 0.15) is 22.2 Å². The van der Waals surface area contributed by atoms with Crippen molar-refractivity contribution in [2.45, 2.75) is 46.3 Å². The summed E-state index contributed by atoms with van der Waals surface area (Å²) in [6.07, 6.45) is -0.757. The number of esters is 1. The van der Waals surface area contributed by atoms with Gasteiger partial charge in [-0.05, 0) is 46.2 Å². The molecule has 1 aromatic carbocycles. The third-order valence-corrected chi connectivity index (χ3v) is 4.18. The number of carbonyl (C=O) groups is 2. The quantitative estimate of drug-likeness (QED) is 0.457. The van der Waals surface area contributed by atoms with E-state index in [1.54, 1.807) is 27.7 Å². The highest BCUT2D eigenvalue weighted by molar-refractivity contribution is 6.34. The summed E-state index contributed by atoms with van der Waals surface area (Å²) in [4.78, 5) is 35.7. The van der Waals surface area contributed by atoms with Crippen molar-refractivity contribution in [2.24, 2.45) is 0 Å². The van der Waals surface area contributed by atoms with Gasteiger partial charge < -0.3 is 19.2 Å². The number of ether oxygens (including phenoxy) is 2. The number of benzene rings is 1. The lowest BCUT2D eigenvalue weighted by Crippen LogP contribution is -2.43. The minimum absolute atomic E-state index is 0.0168. The molecule has 7 nitrogen and oxygen atoms in total. The zero-order valence-corrected chi connectivity index (χ0v) is 16.9. The number of alkyl carbamates (subject to hydrolysis) is 1. The van der Waals surface area contributed by atoms with E-state index in [-0.39, 0.29) is 21.4 Å². The molecule has 0 unspecified atom stereocenters. The lowest BCUT2D eigenvalue weighted by molar-refractivity contribution is -0.136. The van der Waals surface area contributed by atoms with Crippen molar-refractivity contribution in [3.8, 4) is 5.75 Å². The van der Waals surface area contributed by atoms with Gasteiger partial charge in [-0.15, -0.1) is 0 Å². The molecule has 0 aliphatic rings. The number of nitrogens with one attached hydrogen (secondary N) is 1. The number of carbonyl (C=O) groups excluding carboxylic acids is 2. The van der Waals surface area contributed by atoms with Crippen LogP contribution in [0, 0.1) is 6.92 Å². The van der Waals surface area contributed by atoms with Crippen LogP contribution in [-0.4, -0.2) is 23.7 Å². The first-order valence-corrected chi connectivity index (χ1v) is 8.78. The zero-order chi connectivity index (χ0) is 20.5. The number of hydrogen-bond donors (Lipinski definition) is 1. The van der Waals surface area contributed by atoms with Crippen LogP contribution in [-0.2, 0) is 9.53 Å². The summed E-state index contributed by atoms with van der Waals surface area (Å²) in [5, 5.41) is 2.96. The Morgan fingerprint density at radius 3 is 2.44 bits per heavy atom. The van der Waals surface area contributed by atoms with Crippen molar-refractivity contribution in [1.29, 1.82) is 0 Å². The summed E-state index contributed by atoms with van der Waals surface area (Å²) in [5.41, 5.74) is -0.739. The van der Waals surface area contributed by atoms with Crippen LogP contribution in [0.4, 0.5) is 4.79 Å². The minimum atomic E-state index is -0.995. The largest absolute Gasteiger partial charge is 0.444 e. The number of amides is 1. The lowest BCUT2D eigenvalue weighted by atomic mass is 10.1. The van der Waals surface area contributed by atoms with E-state index in [9.17, 15) is 14.4 Å². The highest BCUT2D eigenvalue weighted by Crippen LogP contribution is 2.33. The van der Waals surface area contributed by atoms with Crippen molar-refractivity contribution < 1.29 is 23.5 Å². The molecule has 0 aliphatic carbocycles. The molecule has 9 heteroatoms. The van der Waals surface area contributed by atoms with Gasteiger partial charge in [-0.2, -0.15) is 0 Å². The van der Waals surface area contributed by atoms with Gasteiger partial charge in [0.15, 0.2) is 5.75 Å². The van der Waals surface area contributed by atoms with Crippen molar-refractivity contribution in [2.75, 3.05) is 0 Å². The molecule has 27 heavy (non-hydrogen) atoms. The van der Waals surface area contributed by atoms with Crippen LogP contribution >= 0.6 is 23.2 Å². The summed E-state index contributed by atoms with van der Waals surface area (Å²) in [6, 6.07) is 1.81. The molecule has 1 amide bonds. The van der Waals surface area contributed by atoms with Gasteiger partial charge in [0, 0.05) is 11.5 Å². The molecule has 0 saturated carbocycles. The molecule has 0 bridgehead atoms. The van der Waals surface area contributed by atoms with E-state index in [4.69, 9.17) is 37.1 Å². The van der Waals surface area contributed by atoms with Crippen molar-refractivity contribution in [1.82, 2.24) is 5.32 Å². The fourth-order valence-electron chi connectivity index (χ4n) is 2.15. The topological polar surface area (TPSA) is 94.8 Å². The summed E-state index contributed by atoms with van der Waals surface area (Å²) in [6.45, 7) is 8.19. The van der Waals surface area contributed by atoms with Crippen molar-refractivity contribution in [3.63, 3.8) is 0 Å². The summed E-state index contributed by atoms with van der Waals surface area (Å²) < 4.78 is 15.4. The van der Waals surface area contributed by atoms with E-state index >= 15 is 0 Å². The smallest absolute Gasteiger partial charge is 0.408 e. The average Bonchev–Trinajstić information content (AvgIpc) is 2.52. The first-order chi connectivity index (χ1) is 12.4. The standard InChI is InChI=1S/C18H19Cl2NO6/c1-8-10-6-11(19)13(7-12(10)25-16(23)14(8)20)26-15(22)9(2)21-17(24)27-18(3,4)5/h6-7,9H,1-5H3,(H,21,24)/t9-/m0/s1. The number of hydrogen-bond acceptors (Lipinski definition) is 6. The lowest BCUT2D eigenvalue weighted by Gasteiger charge is -2.21. The van der Waals surface area contributed by atoms with Gasteiger partial charge in [0.25, 0.3) is 0 Å². The van der Waals surface area contributed by atoms with Gasteiger partial charge in [-0.1, -0.05) is 23.2 Å². The molecule has 0 spiro atoms. The molecule has 1 atom stereocenters. The molecule has 0 aliphatic heterocycles. The second kappa shape index (κ2) is 7.78. The van der Waals surface area contributed by atoms with Crippen LogP contribution < -0.4 is 15.7 Å². The molecule has 0 radical (unpaired) electrons. The van der Waals surface area contributed by atoms with Crippen LogP contribution in [0.1, 0.15) is 33.3 Å². The molecular formula is C18H19Cl2NO6. The molecule has 1 N–H and O–H groups in total. The Balaban J connectivity index is 2.21. The summed E-state index contributed by atoms with van der Waals surface area (Å²) in [7, 11) is 0. The zero-order valence-electron chi connectivity index (χ0n) is 15.4. The van der Waals surface area contributed by atoms with Gasteiger partial charge in [-0.25, -0.2) is 14.4 Å². The van der Waals surface area contributed by atoms with E-state index in [2.05, 4.69) is 5.32 Å². The Labute approximate surface area is 165 Å². The third kappa shape index (κ3) is 5.14. The van der Waals surface area contributed by atoms with Crippen LogP contribution in [0.5, 0.6) is 5.75 Å². The Hall–Kier alpha value is -2.25. The minimum Gasteiger partial charge on any atom is -0.444 e. The van der Waals surface area contributed by atoms with Gasteiger partial charge in [0.2, 0.25) is 0 Å². The SMILES string of the molecule is Cc1c(Cl)c(=O)oc2cc(OC(=O)[C@H](C)NC(=O)OC(C)(C)C)c(Cl)cc12. The van der Waals surface area contributed by atoms with Crippen LogP contribution in [0.15, 0.2) is 21.3 Å².